The molecule has 0 bridgehead atoms. The van der Waals surface area contributed by atoms with E-state index in [-0.39, 0.29) is 31.5 Å². The fraction of sp³-hybridized carbons (Fsp3) is 0.650. The van der Waals surface area contributed by atoms with E-state index in [1.54, 1.807) is 14.0 Å². The zero-order valence-electron chi connectivity index (χ0n) is 20.5. The van der Waals surface area contributed by atoms with Gasteiger partial charge in [0.25, 0.3) is 0 Å². The highest BCUT2D eigenvalue weighted by Crippen LogP contribution is 1.98. The molecule has 12 nitrogen and oxygen atoms in total. The van der Waals surface area contributed by atoms with Crippen molar-refractivity contribution >= 4 is 23.8 Å². The van der Waals surface area contributed by atoms with E-state index in [1.165, 1.54) is 12.5 Å². The smallest absolute Gasteiger partial charge is 0.326 e. The lowest BCUT2D eigenvalue weighted by Crippen LogP contribution is -2.44. The molecule has 1 heterocycles. The summed E-state index contributed by atoms with van der Waals surface area (Å²) in [4.78, 5) is 49.0. The number of carboxylic acid groups (broad SMARTS) is 2. The van der Waals surface area contributed by atoms with E-state index in [9.17, 15) is 19.2 Å². The molecule has 32 heavy (non-hydrogen) atoms. The minimum absolute atomic E-state index is 0.154. The number of rotatable bonds is 9. The maximum atomic E-state index is 10.9. The Hall–Kier alpha value is -2.99. The maximum Gasteiger partial charge on any atom is 0.326 e. The Balaban J connectivity index is -0.000000204. The number of carbonyl (C=O) groups excluding carboxylic acids is 2. The maximum absolute atomic E-state index is 10.9. The van der Waals surface area contributed by atoms with E-state index >= 15 is 0 Å². The summed E-state index contributed by atoms with van der Waals surface area (Å²) < 4.78 is 0. The van der Waals surface area contributed by atoms with Crippen LogP contribution in [0.15, 0.2) is 12.5 Å². The third-order valence-electron chi connectivity index (χ3n) is 3.04. The fourth-order valence-corrected chi connectivity index (χ4v) is 1.52. The van der Waals surface area contributed by atoms with Gasteiger partial charge in [-0.1, -0.05) is 41.5 Å². The lowest BCUT2D eigenvalue weighted by atomic mass is 10.1. The molecular weight excluding hydrogens is 420 g/mol. The first-order valence-corrected chi connectivity index (χ1v) is 10.6. The van der Waals surface area contributed by atoms with Crippen LogP contribution in [-0.2, 0) is 25.6 Å². The van der Waals surface area contributed by atoms with Crippen molar-refractivity contribution in [3.05, 3.63) is 18.2 Å². The number of aromatic nitrogens is 2. The van der Waals surface area contributed by atoms with Gasteiger partial charge < -0.3 is 36.9 Å². The van der Waals surface area contributed by atoms with Gasteiger partial charge in [-0.3, -0.25) is 14.4 Å². The Morgan fingerprint density at radius 3 is 1.97 bits per heavy atom. The first-order chi connectivity index (χ1) is 15.2. The first-order valence-electron chi connectivity index (χ1n) is 10.6. The standard InChI is InChI=1S/C8H12N4O3.C6H12N2O3.3C2H6/c9-2-7(13)12-6(8(14)15)1-5-3-10-4-11-5;1-4(7-2)6(11)8-3-5(9)10;3*1-2/h3-4,6H,1-2,9H2,(H,10,11)(H,12,13)(H,14,15);4,7H,3H2,1-2H3,(H,8,11)(H,9,10);3*1-2H3/t6-;4-;;;/m00.../s1. The van der Waals surface area contributed by atoms with Crippen LogP contribution in [0.5, 0.6) is 0 Å². The number of nitrogens with two attached hydrogens (primary N) is 1. The van der Waals surface area contributed by atoms with Crippen LogP contribution in [0.4, 0.5) is 0 Å². The van der Waals surface area contributed by atoms with E-state index in [1.807, 2.05) is 41.5 Å². The van der Waals surface area contributed by atoms with Crippen molar-refractivity contribution in [2.75, 3.05) is 20.1 Å². The summed E-state index contributed by atoms with van der Waals surface area (Å²) in [6.07, 6.45) is 3.10. The molecule has 188 valence electrons. The molecule has 12 heteroatoms. The molecule has 0 saturated heterocycles. The van der Waals surface area contributed by atoms with Gasteiger partial charge in [0.2, 0.25) is 11.8 Å². The van der Waals surface area contributed by atoms with Crippen LogP contribution in [0.1, 0.15) is 54.2 Å². The van der Waals surface area contributed by atoms with Gasteiger partial charge in [0.1, 0.15) is 12.6 Å². The van der Waals surface area contributed by atoms with Crippen molar-refractivity contribution in [2.45, 2.75) is 67.0 Å². The van der Waals surface area contributed by atoms with Crippen molar-refractivity contribution in [3.63, 3.8) is 0 Å². The number of aliphatic carboxylic acids is 2. The molecule has 0 fully saturated rings. The Bertz CT molecular complexity index is 595. The van der Waals surface area contributed by atoms with Gasteiger partial charge >= 0.3 is 11.9 Å². The third-order valence-corrected chi connectivity index (χ3v) is 3.04. The second-order valence-electron chi connectivity index (χ2n) is 5.07. The van der Waals surface area contributed by atoms with E-state index in [2.05, 4.69) is 25.9 Å². The molecular formula is C20H42N6O6. The fourth-order valence-electron chi connectivity index (χ4n) is 1.52. The molecule has 0 aliphatic carbocycles. The van der Waals surface area contributed by atoms with Gasteiger partial charge in [-0.25, -0.2) is 9.78 Å². The highest BCUT2D eigenvalue weighted by atomic mass is 16.4. The van der Waals surface area contributed by atoms with E-state index < -0.39 is 23.9 Å². The number of nitrogens with one attached hydrogen (secondary N) is 4. The molecule has 0 aliphatic rings. The lowest BCUT2D eigenvalue weighted by molar-refractivity contribution is -0.141. The molecule has 1 aromatic rings. The minimum atomic E-state index is -1.11. The van der Waals surface area contributed by atoms with Gasteiger partial charge in [0.15, 0.2) is 0 Å². The number of hydrogen-bond acceptors (Lipinski definition) is 7. The van der Waals surface area contributed by atoms with Crippen LogP contribution in [0.2, 0.25) is 0 Å². The number of imidazole rings is 1. The van der Waals surface area contributed by atoms with Crippen LogP contribution in [0, 0.1) is 0 Å². The second-order valence-corrected chi connectivity index (χ2v) is 5.07. The molecule has 1 rings (SSSR count). The molecule has 0 radical (unpaired) electrons. The summed E-state index contributed by atoms with van der Waals surface area (Å²) in [5.74, 6) is -2.95. The highest BCUT2D eigenvalue weighted by molar-refractivity contribution is 5.85. The number of nitrogens with zero attached hydrogens (tertiary/aromatic N) is 1. The zero-order chi connectivity index (χ0) is 26.1. The van der Waals surface area contributed by atoms with Crippen LogP contribution in [0.25, 0.3) is 0 Å². The molecule has 0 unspecified atom stereocenters. The number of carboxylic acids is 2. The molecule has 0 aromatic carbocycles. The Labute approximate surface area is 190 Å². The molecule has 2 amide bonds. The summed E-state index contributed by atoms with van der Waals surface area (Å²) in [7, 11) is 1.63. The average molecular weight is 463 g/mol. The van der Waals surface area contributed by atoms with E-state index in [0.717, 1.165) is 0 Å². The second kappa shape index (κ2) is 26.0. The predicted octanol–water partition coefficient (Wildman–Crippen LogP) is 0.354. The van der Waals surface area contributed by atoms with E-state index in [4.69, 9.17) is 15.9 Å². The summed E-state index contributed by atoms with van der Waals surface area (Å²) >= 11 is 0. The van der Waals surface area contributed by atoms with Gasteiger partial charge in [0, 0.05) is 18.3 Å². The Kier molecular flexibility index (Phi) is 29.6. The van der Waals surface area contributed by atoms with Crippen molar-refractivity contribution in [2.24, 2.45) is 5.73 Å². The van der Waals surface area contributed by atoms with Gasteiger partial charge in [-0.2, -0.15) is 0 Å². The van der Waals surface area contributed by atoms with E-state index in [0.29, 0.717) is 5.69 Å². The first kappa shape index (κ1) is 36.4. The van der Waals surface area contributed by atoms with Crippen molar-refractivity contribution in [1.82, 2.24) is 25.9 Å². The van der Waals surface area contributed by atoms with Gasteiger partial charge in [-0.15, -0.1) is 0 Å². The SMILES string of the molecule is CC.CC.CC.CN[C@@H](C)C(=O)NCC(=O)O.NCC(=O)N[C@@H](Cc1cnc[nH]1)C(=O)O. The molecule has 1 aromatic heterocycles. The zero-order valence-corrected chi connectivity index (χ0v) is 20.5. The molecule has 0 spiro atoms. The molecule has 0 aliphatic heterocycles. The Morgan fingerprint density at radius 2 is 1.62 bits per heavy atom. The summed E-state index contributed by atoms with van der Waals surface area (Å²) in [5.41, 5.74) is 5.71. The summed E-state index contributed by atoms with van der Waals surface area (Å²) in [6, 6.07) is -1.34. The number of carbonyl (C=O) groups is 4. The Morgan fingerprint density at radius 1 is 1.09 bits per heavy atom. The van der Waals surface area contributed by atoms with Crippen molar-refractivity contribution in [3.8, 4) is 0 Å². The molecule has 8 N–H and O–H groups in total. The number of amides is 2. The number of hydrogen-bond donors (Lipinski definition) is 7. The van der Waals surface area contributed by atoms with Crippen LogP contribution >= 0.6 is 0 Å². The largest absolute Gasteiger partial charge is 0.480 e. The topological polar surface area (TPSA) is 200 Å². The van der Waals surface area contributed by atoms with Crippen molar-refractivity contribution < 1.29 is 29.4 Å². The van der Waals surface area contributed by atoms with Gasteiger partial charge in [0.05, 0.1) is 18.9 Å². The van der Waals surface area contributed by atoms with Gasteiger partial charge in [-0.05, 0) is 14.0 Å². The highest BCUT2D eigenvalue weighted by Gasteiger charge is 2.20. The average Bonchev–Trinajstić information content (AvgIpc) is 3.33. The normalized spacial score (nSPS) is 10.4. The monoisotopic (exact) mass is 462 g/mol. The van der Waals surface area contributed by atoms with Crippen molar-refractivity contribution in [1.29, 1.82) is 0 Å². The predicted molar refractivity (Wildman–Crippen MR) is 124 cm³/mol. The van der Waals surface area contributed by atoms with Crippen LogP contribution in [0.3, 0.4) is 0 Å². The number of likely N-dealkylation sites (N-methyl/N-ethyl adjacent to an activating group) is 1. The van der Waals surface area contributed by atoms with Crippen LogP contribution < -0.4 is 21.7 Å². The summed E-state index contributed by atoms with van der Waals surface area (Å²) in [5, 5.41) is 24.2. The summed E-state index contributed by atoms with van der Waals surface area (Å²) in [6.45, 7) is 13.1. The quantitative estimate of drug-likeness (QED) is 0.270. The third kappa shape index (κ3) is 21.7. The number of H-pyrrole nitrogens is 1. The van der Waals surface area contributed by atoms with Crippen LogP contribution in [-0.4, -0.2) is 76.2 Å². The lowest BCUT2D eigenvalue weighted by Gasteiger charge is -2.12. The molecule has 2 atom stereocenters. The number of aromatic amines is 1. The molecule has 0 saturated carbocycles. The minimum Gasteiger partial charge on any atom is -0.480 e.